The number of rotatable bonds is 6. The van der Waals surface area contributed by atoms with Crippen molar-refractivity contribution in [2.24, 2.45) is 0 Å². The highest BCUT2D eigenvalue weighted by Crippen LogP contribution is 2.24. The summed E-state index contributed by atoms with van der Waals surface area (Å²) in [5, 5.41) is 3.74. The van der Waals surface area contributed by atoms with Gasteiger partial charge in [0.25, 0.3) is 0 Å². The predicted octanol–water partition coefficient (Wildman–Crippen LogP) is 4.40. The first-order valence-electron chi connectivity index (χ1n) is 7.79. The van der Waals surface area contributed by atoms with Gasteiger partial charge in [-0.3, -0.25) is 0 Å². The second-order valence-corrected chi connectivity index (χ2v) is 5.55. The fourth-order valence-corrected chi connectivity index (χ4v) is 2.90. The number of benzene rings is 1. The van der Waals surface area contributed by atoms with Crippen molar-refractivity contribution in [1.29, 1.82) is 0 Å². The van der Waals surface area contributed by atoms with Gasteiger partial charge in [0, 0.05) is 18.3 Å². The molecular weight excluding hydrogens is 234 g/mol. The SMILES string of the molecule is CCCc1ccccc1NC1CCOC(CCC)C1. The Morgan fingerprint density at radius 2 is 2.05 bits per heavy atom. The Morgan fingerprint density at radius 1 is 1.21 bits per heavy atom. The third-order valence-corrected chi connectivity index (χ3v) is 3.87. The monoisotopic (exact) mass is 261 g/mol. The summed E-state index contributed by atoms with van der Waals surface area (Å²) >= 11 is 0. The lowest BCUT2D eigenvalue weighted by atomic mass is 9.99. The van der Waals surface area contributed by atoms with Gasteiger partial charge in [0.1, 0.15) is 0 Å². The molecule has 0 amide bonds. The highest BCUT2D eigenvalue weighted by atomic mass is 16.5. The summed E-state index contributed by atoms with van der Waals surface area (Å²) in [5.74, 6) is 0. The van der Waals surface area contributed by atoms with Crippen molar-refractivity contribution in [3.05, 3.63) is 29.8 Å². The molecule has 0 aliphatic carbocycles. The standard InChI is InChI=1S/C17H27NO/c1-3-7-14-9-5-6-10-17(14)18-15-11-12-19-16(13-15)8-4-2/h5-6,9-10,15-16,18H,3-4,7-8,11-13H2,1-2H3. The molecule has 1 aromatic rings. The van der Waals surface area contributed by atoms with Gasteiger partial charge < -0.3 is 10.1 Å². The van der Waals surface area contributed by atoms with Crippen LogP contribution in [0.25, 0.3) is 0 Å². The van der Waals surface area contributed by atoms with E-state index in [4.69, 9.17) is 4.74 Å². The van der Waals surface area contributed by atoms with Crippen LogP contribution in [-0.4, -0.2) is 18.8 Å². The zero-order valence-corrected chi connectivity index (χ0v) is 12.3. The Labute approximate surface area is 117 Å². The Bertz CT molecular complexity index is 375. The molecular formula is C17H27NO. The van der Waals surface area contributed by atoms with Crippen LogP contribution in [0.4, 0.5) is 5.69 Å². The number of para-hydroxylation sites is 1. The van der Waals surface area contributed by atoms with Crippen LogP contribution in [0, 0.1) is 0 Å². The maximum atomic E-state index is 5.82. The molecule has 2 rings (SSSR count). The highest BCUT2D eigenvalue weighted by Gasteiger charge is 2.22. The minimum Gasteiger partial charge on any atom is -0.382 e. The molecule has 2 atom stereocenters. The summed E-state index contributed by atoms with van der Waals surface area (Å²) in [6.45, 7) is 5.37. The number of ether oxygens (including phenoxy) is 1. The molecule has 106 valence electrons. The molecule has 0 saturated carbocycles. The molecule has 2 nitrogen and oxygen atoms in total. The molecule has 0 spiro atoms. The number of hydrogen-bond acceptors (Lipinski definition) is 2. The van der Waals surface area contributed by atoms with Gasteiger partial charge in [-0.05, 0) is 37.3 Å². The van der Waals surface area contributed by atoms with E-state index >= 15 is 0 Å². The Kier molecular flexibility index (Phi) is 5.71. The maximum absolute atomic E-state index is 5.82. The minimum atomic E-state index is 0.453. The predicted molar refractivity (Wildman–Crippen MR) is 81.7 cm³/mol. The molecule has 1 N–H and O–H groups in total. The molecule has 1 fully saturated rings. The van der Waals surface area contributed by atoms with E-state index in [2.05, 4.69) is 43.4 Å². The van der Waals surface area contributed by atoms with Crippen molar-refractivity contribution in [2.45, 2.75) is 64.5 Å². The fraction of sp³-hybridized carbons (Fsp3) is 0.647. The Morgan fingerprint density at radius 3 is 2.84 bits per heavy atom. The van der Waals surface area contributed by atoms with Crippen molar-refractivity contribution in [3.63, 3.8) is 0 Å². The lowest BCUT2D eigenvalue weighted by Gasteiger charge is -2.31. The summed E-state index contributed by atoms with van der Waals surface area (Å²) in [6, 6.07) is 9.30. The van der Waals surface area contributed by atoms with Crippen LogP contribution >= 0.6 is 0 Å². The Balaban J connectivity index is 1.96. The second kappa shape index (κ2) is 7.54. The van der Waals surface area contributed by atoms with Gasteiger partial charge in [0.15, 0.2) is 0 Å². The summed E-state index contributed by atoms with van der Waals surface area (Å²) in [7, 11) is 0. The molecule has 0 aromatic heterocycles. The Hall–Kier alpha value is -1.02. The van der Waals surface area contributed by atoms with E-state index in [0.29, 0.717) is 12.1 Å². The van der Waals surface area contributed by atoms with Crippen LogP contribution in [0.1, 0.15) is 51.5 Å². The lowest BCUT2D eigenvalue weighted by Crippen LogP contribution is -2.34. The van der Waals surface area contributed by atoms with E-state index in [1.165, 1.54) is 30.5 Å². The largest absolute Gasteiger partial charge is 0.382 e. The van der Waals surface area contributed by atoms with E-state index in [1.54, 1.807) is 0 Å². The van der Waals surface area contributed by atoms with Crippen LogP contribution in [-0.2, 0) is 11.2 Å². The number of aryl methyl sites for hydroxylation is 1. The molecule has 0 radical (unpaired) electrons. The van der Waals surface area contributed by atoms with E-state index < -0.39 is 0 Å². The topological polar surface area (TPSA) is 21.3 Å². The second-order valence-electron chi connectivity index (χ2n) is 5.55. The van der Waals surface area contributed by atoms with Crippen LogP contribution in [0.3, 0.4) is 0 Å². The molecule has 1 aliphatic heterocycles. The highest BCUT2D eigenvalue weighted by molar-refractivity contribution is 5.51. The first-order valence-corrected chi connectivity index (χ1v) is 7.79. The first kappa shape index (κ1) is 14.4. The maximum Gasteiger partial charge on any atom is 0.0594 e. The molecule has 0 bridgehead atoms. The van der Waals surface area contributed by atoms with Gasteiger partial charge in [-0.25, -0.2) is 0 Å². The molecule has 1 aromatic carbocycles. The van der Waals surface area contributed by atoms with Gasteiger partial charge >= 0.3 is 0 Å². The molecule has 1 heterocycles. The zero-order chi connectivity index (χ0) is 13.5. The van der Waals surface area contributed by atoms with E-state index in [0.717, 1.165) is 25.9 Å². The van der Waals surface area contributed by atoms with Gasteiger partial charge in [-0.15, -0.1) is 0 Å². The van der Waals surface area contributed by atoms with E-state index in [9.17, 15) is 0 Å². The summed E-state index contributed by atoms with van der Waals surface area (Å²) in [6.07, 6.45) is 7.48. The summed E-state index contributed by atoms with van der Waals surface area (Å²) in [5.41, 5.74) is 2.77. The lowest BCUT2D eigenvalue weighted by molar-refractivity contribution is 0.00597. The van der Waals surface area contributed by atoms with Crippen molar-refractivity contribution in [3.8, 4) is 0 Å². The molecule has 1 aliphatic rings. The molecule has 1 saturated heterocycles. The third-order valence-electron chi connectivity index (χ3n) is 3.87. The first-order chi connectivity index (χ1) is 9.33. The van der Waals surface area contributed by atoms with Gasteiger partial charge in [0.2, 0.25) is 0 Å². The van der Waals surface area contributed by atoms with Crippen LogP contribution in [0.5, 0.6) is 0 Å². The third kappa shape index (κ3) is 4.24. The molecule has 2 unspecified atom stereocenters. The molecule has 2 heteroatoms. The fourth-order valence-electron chi connectivity index (χ4n) is 2.90. The van der Waals surface area contributed by atoms with Gasteiger partial charge in [-0.2, -0.15) is 0 Å². The van der Waals surface area contributed by atoms with Crippen LogP contribution < -0.4 is 5.32 Å². The molecule has 19 heavy (non-hydrogen) atoms. The summed E-state index contributed by atoms with van der Waals surface area (Å²) in [4.78, 5) is 0. The van der Waals surface area contributed by atoms with Crippen molar-refractivity contribution < 1.29 is 4.74 Å². The normalized spacial score (nSPS) is 23.3. The summed E-state index contributed by atoms with van der Waals surface area (Å²) < 4.78 is 5.82. The average molecular weight is 261 g/mol. The van der Waals surface area contributed by atoms with E-state index in [-0.39, 0.29) is 0 Å². The zero-order valence-electron chi connectivity index (χ0n) is 12.3. The minimum absolute atomic E-state index is 0.453. The number of hydrogen-bond donors (Lipinski definition) is 1. The number of anilines is 1. The number of nitrogens with one attached hydrogen (secondary N) is 1. The average Bonchev–Trinajstić information content (AvgIpc) is 2.42. The van der Waals surface area contributed by atoms with Gasteiger partial charge in [0.05, 0.1) is 6.10 Å². The smallest absolute Gasteiger partial charge is 0.0594 e. The van der Waals surface area contributed by atoms with Crippen LogP contribution in [0.15, 0.2) is 24.3 Å². The van der Waals surface area contributed by atoms with Crippen molar-refractivity contribution >= 4 is 5.69 Å². The van der Waals surface area contributed by atoms with Crippen LogP contribution in [0.2, 0.25) is 0 Å². The quantitative estimate of drug-likeness (QED) is 0.819. The van der Waals surface area contributed by atoms with Crippen molar-refractivity contribution in [1.82, 2.24) is 0 Å². The van der Waals surface area contributed by atoms with E-state index in [1.807, 2.05) is 0 Å². The van der Waals surface area contributed by atoms with Gasteiger partial charge in [-0.1, -0.05) is 44.9 Å². The van der Waals surface area contributed by atoms with Crippen molar-refractivity contribution in [2.75, 3.05) is 11.9 Å².